The van der Waals surface area contributed by atoms with E-state index in [-0.39, 0.29) is 18.8 Å². The Balaban J connectivity index is 1.52. The van der Waals surface area contributed by atoms with Gasteiger partial charge in [-0.05, 0) is 52.8 Å². The van der Waals surface area contributed by atoms with E-state index in [0.717, 1.165) is 39.3 Å². The van der Waals surface area contributed by atoms with E-state index in [0.29, 0.717) is 12.8 Å². The van der Waals surface area contributed by atoms with Crippen LogP contribution in [0.1, 0.15) is 60.0 Å². The Hall–Kier alpha value is -1.91. The van der Waals surface area contributed by atoms with Crippen molar-refractivity contribution in [1.82, 2.24) is 0 Å². The maximum Gasteiger partial charge on any atom is 0.0860 e. The summed E-state index contributed by atoms with van der Waals surface area (Å²) in [6.07, 6.45) is 3.28. The lowest BCUT2D eigenvalue weighted by Gasteiger charge is -2.33. The van der Waals surface area contributed by atoms with Crippen LogP contribution in [0.5, 0.6) is 0 Å². The second-order valence-corrected chi connectivity index (χ2v) is 9.11. The molecule has 0 aromatic heterocycles. The molecule has 4 heteroatoms. The minimum absolute atomic E-state index is 0.0840. The molecule has 1 aliphatic carbocycles. The highest BCUT2D eigenvalue weighted by Crippen LogP contribution is 2.41. The van der Waals surface area contributed by atoms with Crippen LogP contribution >= 0.6 is 11.6 Å². The molecule has 2 aliphatic rings. The lowest BCUT2D eigenvalue weighted by Crippen LogP contribution is -2.33. The summed E-state index contributed by atoms with van der Waals surface area (Å²) in [7, 11) is 0. The molecule has 1 saturated heterocycles. The lowest BCUT2D eigenvalue weighted by molar-refractivity contribution is -0.113. The van der Waals surface area contributed by atoms with Crippen LogP contribution in [-0.4, -0.2) is 29.0 Å². The molecule has 2 fully saturated rings. The van der Waals surface area contributed by atoms with Crippen LogP contribution in [0.3, 0.4) is 0 Å². The molecule has 0 amide bonds. The van der Waals surface area contributed by atoms with E-state index in [1.54, 1.807) is 0 Å². The van der Waals surface area contributed by atoms with E-state index in [1.807, 2.05) is 18.2 Å². The molecule has 156 valence electrons. The Labute approximate surface area is 182 Å². The number of ether oxygens (including phenoxy) is 1. The van der Waals surface area contributed by atoms with Gasteiger partial charge in [0, 0.05) is 18.2 Å². The first-order chi connectivity index (χ1) is 14.6. The molecule has 3 nitrogen and oxygen atoms in total. The van der Waals surface area contributed by atoms with Crippen molar-refractivity contribution < 1.29 is 14.9 Å². The summed E-state index contributed by atoms with van der Waals surface area (Å²) in [6, 6.07) is 19.2. The van der Waals surface area contributed by atoms with Gasteiger partial charge in [-0.3, -0.25) is 0 Å². The van der Waals surface area contributed by atoms with Gasteiger partial charge in [0.15, 0.2) is 0 Å². The summed E-state index contributed by atoms with van der Waals surface area (Å²) in [5.41, 5.74) is 4.77. The predicted octanol–water partition coefficient (Wildman–Crippen LogP) is 5.53. The van der Waals surface area contributed by atoms with E-state index >= 15 is 0 Å². The topological polar surface area (TPSA) is 49.7 Å². The highest BCUT2D eigenvalue weighted by atomic mass is 35.5. The SMILES string of the molecule is OCC1CC(O)CC(c2cc(Cc3ccc(C4CC4)cc3)c(Cl)c3ccccc23)O1. The maximum atomic E-state index is 10.3. The zero-order valence-electron chi connectivity index (χ0n) is 16.9. The van der Waals surface area contributed by atoms with E-state index < -0.39 is 6.10 Å². The Morgan fingerprint density at radius 3 is 2.40 bits per heavy atom. The highest BCUT2D eigenvalue weighted by molar-refractivity contribution is 6.36. The van der Waals surface area contributed by atoms with Gasteiger partial charge in [-0.2, -0.15) is 0 Å². The number of aliphatic hydroxyl groups is 2. The number of halogens is 1. The lowest BCUT2D eigenvalue weighted by atomic mass is 9.90. The van der Waals surface area contributed by atoms with Crippen molar-refractivity contribution in [2.75, 3.05) is 6.61 Å². The molecule has 3 aromatic rings. The monoisotopic (exact) mass is 422 g/mol. The molecule has 0 radical (unpaired) electrons. The maximum absolute atomic E-state index is 10.3. The first kappa shape index (κ1) is 20.0. The van der Waals surface area contributed by atoms with Crippen molar-refractivity contribution in [1.29, 1.82) is 0 Å². The minimum atomic E-state index is -0.478. The quantitative estimate of drug-likeness (QED) is 0.568. The molecule has 3 aromatic carbocycles. The molecular formula is C26H27ClO3. The smallest absolute Gasteiger partial charge is 0.0860 e. The molecular weight excluding hydrogens is 396 g/mol. The van der Waals surface area contributed by atoms with Crippen LogP contribution in [0.25, 0.3) is 10.8 Å². The fourth-order valence-electron chi connectivity index (χ4n) is 4.68. The van der Waals surface area contributed by atoms with Gasteiger partial charge in [0.05, 0.1) is 29.9 Å². The average molecular weight is 423 g/mol. The largest absolute Gasteiger partial charge is 0.394 e. The summed E-state index contributed by atoms with van der Waals surface area (Å²) in [5, 5.41) is 22.7. The van der Waals surface area contributed by atoms with Gasteiger partial charge in [0.1, 0.15) is 0 Å². The highest BCUT2D eigenvalue weighted by Gasteiger charge is 2.30. The molecule has 1 aliphatic heterocycles. The molecule has 1 saturated carbocycles. The van der Waals surface area contributed by atoms with Gasteiger partial charge in [0.2, 0.25) is 0 Å². The average Bonchev–Trinajstić information content (AvgIpc) is 3.61. The number of fused-ring (bicyclic) bond motifs is 1. The molecule has 30 heavy (non-hydrogen) atoms. The van der Waals surface area contributed by atoms with E-state index in [9.17, 15) is 10.2 Å². The molecule has 3 atom stereocenters. The summed E-state index contributed by atoms with van der Waals surface area (Å²) in [6.45, 7) is -0.0840. The number of rotatable bonds is 5. The van der Waals surface area contributed by atoms with E-state index in [4.69, 9.17) is 16.3 Å². The van der Waals surface area contributed by atoms with Gasteiger partial charge in [-0.15, -0.1) is 0 Å². The fraction of sp³-hybridized carbons (Fsp3) is 0.385. The van der Waals surface area contributed by atoms with Gasteiger partial charge >= 0.3 is 0 Å². The van der Waals surface area contributed by atoms with Crippen molar-refractivity contribution in [3.63, 3.8) is 0 Å². The third-order valence-corrected chi connectivity index (χ3v) is 6.88. The molecule has 2 N–H and O–H groups in total. The van der Waals surface area contributed by atoms with Crippen LogP contribution in [-0.2, 0) is 11.2 Å². The second kappa shape index (κ2) is 8.32. The standard InChI is InChI=1S/C26H27ClO3/c27-26-19(11-16-5-7-17(8-6-16)18-9-10-18)12-24(22-3-1-2-4-23(22)26)25-14-20(29)13-21(15-28)30-25/h1-8,12,18,20-21,25,28-29H,9-11,13-15H2. The molecule has 0 spiro atoms. The van der Waals surface area contributed by atoms with Gasteiger partial charge in [-0.1, -0.05) is 66.2 Å². The Kier molecular flexibility index (Phi) is 5.55. The van der Waals surface area contributed by atoms with Gasteiger partial charge in [-0.25, -0.2) is 0 Å². The van der Waals surface area contributed by atoms with Crippen LogP contribution in [0.15, 0.2) is 54.6 Å². The first-order valence-corrected chi connectivity index (χ1v) is 11.2. The summed E-state index contributed by atoms with van der Waals surface area (Å²) >= 11 is 6.85. The summed E-state index contributed by atoms with van der Waals surface area (Å²) in [4.78, 5) is 0. The summed E-state index contributed by atoms with van der Waals surface area (Å²) in [5.74, 6) is 0.754. The fourth-order valence-corrected chi connectivity index (χ4v) is 4.96. The van der Waals surface area contributed by atoms with Crippen molar-refractivity contribution in [3.05, 3.63) is 81.9 Å². The molecule has 1 heterocycles. The number of hydrogen-bond donors (Lipinski definition) is 2. The third-order valence-electron chi connectivity index (χ3n) is 6.44. The molecule has 0 bridgehead atoms. The predicted molar refractivity (Wildman–Crippen MR) is 120 cm³/mol. The summed E-state index contributed by atoms with van der Waals surface area (Å²) < 4.78 is 6.14. The van der Waals surface area contributed by atoms with Crippen LogP contribution in [0.2, 0.25) is 5.02 Å². The van der Waals surface area contributed by atoms with Crippen molar-refractivity contribution in [3.8, 4) is 0 Å². The van der Waals surface area contributed by atoms with Crippen LogP contribution < -0.4 is 0 Å². The second-order valence-electron chi connectivity index (χ2n) is 8.73. The third kappa shape index (κ3) is 4.00. The minimum Gasteiger partial charge on any atom is -0.394 e. The number of benzene rings is 3. The van der Waals surface area contributed by atoms with Crippen LogP contribution in [0.4, 0.5) is 0 Å². The molecule has 5 rings (SSSR count). The zero-order valence-corrected chi connectivity index (χ0v) is 17.7. The van der Waals surface area contributed by atoms with Gasteiger partial charge in [0.25, 0.3) is 0 Å². The normalized spacial score (nSPS) is 24.3. The van der Waals surface area contributed by atoms with Crippen LogP contribution in [0, 0.1) is 0 Å². The Bertz CT molecular complexity index is 1040. The zero-order chi connectivity index (χ0) is 20.7. The number of hydrogen-bond acceptors (Lipinski definition) is 3. The van der Waals surface area contributed by atoms with E-state index in [2.05, 4.69) is 36.4 Å². The molecule has 3 unspecified atom stereocenters. The first-order valence-electron chi connectivity index (χ1n) is 10.9. The van der Waals surface area contributed by atoms with Crippen molar-refractivity contribution in [2.45, 2.75) is 56.3 Å². The Morgan fingerprint density at radius 1 is 0.967 bits per heavy atom. The van der Waals surface area contributed by atoms with Gasteiger partial charge < -0.3 is 14.9 Å². The van der Waals surface area contributed by atoms with Crippen molar-refractivity contribution >= 4 is 22.4 Å². The Morgan fingerprint density at radius 2 is 1.70 bits per heavy atom. The number of aliphatic hydroxyl groups excluding tert-OH is 2. The van der Waals surface area contributed by atoms with Crippen molar-refractivity contribution in [2.24, 2.45) is 0 Å². The van der Waals surface area contributed by atoms with E-state index in [1.165, 1.54) is 24.0 Å².